The highest BCUT2D eigenvalue weighted by Gasteiger charge is 2.33. The van der Waals surface area contributed by atoms with Crippen LogP contribution in [0.4, 0.5) is 42.4 Å². The number of imidazole rings is 2. The maximum atomic E-state index is 14.2. The van der Waals surface area contributed by atoms with Crippen LogP contribution >= 0.6 is 0 Å². The Balaban J connectivity index is 1.29. The van der Waals surface area contributed by atoms with Gasteiger partial charge in [-0.15, -0.1) is 0 Å². The number of rotatable bonds is 8. The Morgan fingerprint density at radius 3 is 2.43 bits per heavy atom. The molecule has 0 unspecified atom stereocenters. The minimum Gasteiger partial charge on any atom is -0.457 e. The van der Waals surface area contributed by atoms with Crippen molar-refractivity contribution >= 4 is 28.5 Å². The van der Waals surface area contributed by atoms with Crippen LogP contribution in [0.2, 0.25) is 0 Å². The number of ether oxygens (including phenoxy) is 1. The Hall–Kier alpha value is -4.95. The SMILES string of the molecule is Cn1c(Nc2cc(C(F)(F)F)ccc2F)nc2cc(Oc3ccnc(CC(=O)Cn4cnc(C(F)(F)F)c4)c3)ccc21. The van der Waals surface area contributed by atoms with Crippen LogP contribution in [0.15, 0.2) is 67.3 Å². The Kier molecular flexibility index (Phi) is 7.34. The summed E-state index contributed by atoms with van der Waals surface area (Å²) in [6.45, 7) is -0.326. The zero-order chi connectivity index (χ0) is 30.2. The number of aryl methyl sites for hydroxylation is 1. The number of nitrogens with zero attached hydrogens (tertiary/aromatic N) is 5. The van der Waals surface area contributed by atoms with Crippen LogP contribution in [-0.4, -0.2) is 29.9 Å². The number of pyridine rings is 1. The molecule has 5 aromatic rings. The first-order valence-corrected chi connectivity index (χ1v) is 12.1. The van der Waals surface area contributed by atoms with E-state index < -0.39 is 40.9 Å². The summed E-state index contributed by atoms with van der Waals surface area (Å²) in [5.41, 5.74) is -1.22. The lowest BCUT2D eigenvalue weighted by molar-refractivity contribution is -0.141. The first-order valence-electron chi connectivity index (χ1n) is 12.1. The quantitative estimate of drug-likeness (QED) is 0.202. The van der Waals surface area contributed by atoms with Crippen LogP contribution in [0.5, 0.6) is 11.5 Å². The molecule has 0 amide bonds. The number of halogens is 7. The second-order valence-electron chi connectivity index (χ2n) is 9.19. The van der Waals surface area contributed by atoms with Crippen molar-refractivity contribution in [2.45, 2.75) is 25.3 Å². The average Bonchev–Trinajstić information content (AvgIpc) is 3.49. The molecule has 218 valence electrons. The molecule has 3 heterocycles. The molecular weight excluding hydrogens is 573 g/mol. The van der Waals surface area contributed by atoms with Crippen LogP contribution in [0.1, 0.15) is 17.0 Å². The number of fused-ring (bicyclic) bond motifs is 1. The number of anilines is 2. The summed E-state index contributed by atoms with van der Waals surface area (Å²) < 4.78 is 100. The van der Waals surface area contributed by atoms with E-state index in [1.807, 2.05) is 0 Å². The Labute approximate surface area is 232 Å². The molecule has 3 aromatic heterocycles. The minimum absolute atomic E-state index is 0.0883. The molecule has 0 saturated carbocycles. The van der Waals surface area contributed by atoms with E-state index in [1.165, 1.54) is 22.9 Å². The Morgan fingerprint density at radius 2 is 1.71 bits per heavy atom. The fourth-order valence-electron chi connectivity index (χ4n) is 4.08. The number of Topliss-reactive ketones (excluding diaryl/α,β-unsaturated/α-hetero) is 1. The molecule has 0 aliphatic heterocycles. The van der Waals surface area contributed by atoms with E-state index in [-0.39, 0.29) is 18.9 Å². The first kappa shape index (κ1) is 28.6. The molecule has 42 heavy (non-hydrogen) atoms. The third kappa shape index (κ3) is 6.34. The summed E-state index contributed by atoms with van der Waals surface area (Å²) in [6.07, 6.45) is -6.35. The van der Waals surface area contributed by atoms with Crippen molar-refractivity contribution in [3.8, 4) is 11.5 Å². The monoisotopic (exact) mass is 592 g/mol. The van der Waals surface area contributed by atoms with E-state index in [2.05, 4.69) is 20.3 Å². The van der Waals surface area contributed by atoms with Gasteiger partial charge in [0.15, 0.2) is 11.5 Å². The first-order chi connectivity index (χ1) is 19.8. The van der Waals surface area contributed by atoms with Crippen molar-refractivity contribution in [1.82, 2.24) is 24.1 Å². The van der Waals surface area contributed by atoms with Crippen molar-refractivity contribution in [2.75, 3.05) is 5.32 Å². The maximum absolute atomic E-state index is 14.2. The second-order valence-corrected chi connectivity index (χ2v) is 9.19. The van der Waals surface area contributed by atoms with Crippen molar-refractivity contribution in [3.05, 3.63) is 90.0 Å². The van der Waals surface area contributed by atoms with Crippen molar-refractivity contribution < 1.29 is 40.3 Å². The number of aromatic nitrogens is 5. The van der Waals surface area contributed by atoms with Gasteiger partial charge in [-0.25, -0.2) is 14.4 Å². The number of alkyl halides is 6. The summed E-state index contributed by atoms with van der Waals surface area (Å²) in [5, 5.41) is 2.60. The van der Waals surface area contributed by atoms with Crippen molar-refractivity contribution in [1.29, 1.82) is 0 Å². The molecule has 8 nitrogen and oxygen atoms in total. The van der Waals surface area contributed by atoms with Gasteiger partial charge in [-0.2, -0.15) is 26.3 Å². The zero-order valence-corrected chi connectivity index (χ0v) is 21.5. The van der Waals surface area contributed by atoms with E-state index >= 15 is 0 Å². The molecule has 0 aliphatic rings. The lowest BCUT2D eigenvalue weighted by Crippen LogP contribution is -2.12. The van der Waals surface area contributed by atoms with E-state index in [1.54, 1.807) is 25.2 Å². The molecule has 0 atom stereocenters. The smallest absolute Gasteiger partial charge is 0.434 e. The van der Waals surface area contributed by atoms with Crippen LogP contribution < -0.4 is 10.1 Å². The number of hydrogen-bond donors (Lipinski definition) is 1. The molecule has 5 rings (SSSR count). The molecule has 0 spiro atoms. The van der Waals surface area contributed by atoms with Gasteiger partial charge in [-0.1, -0.05) is 0 Å². The Bertz CT molecular complexity index is 1780. The molecule has 0 fully saturated rings. The van der Waals surface area contributed by atoms with E-state index in [0.29, 0.717) is 40.4 Å². The number of carbonyl (C=O) groups is 1. The summed E-state index contributed by atoms with van der Waals surface area (Å²) in [7, 11) is 1.60. The second kappa shape index (κ2) is 10.8. The summed E-state index contributed by atoms with van der Waals surface area (Å²) in [4.78, 5) is 24.1. The van der Waals surface area contributed by atoms with Crippen LogP contribution in [-0.2, 0) is 37.2 Å². The largest absolute Gasteiger partial charge is 0.457 e. The van der Waals surface area contributed by atoms with Crippen LogP contribution in [0, 0.1) is 5.82 Å². The van der Waals surface area contributed by atoms with E-state index in [4.69, 9.17) is 4.74 Å². The highest BCUT2D eigenvalue weighted by atomic mass is 19.4. The normalized spacial score (nSPS) is 12.1. The molecule has 0 radical (unpaired) electrons. The molecule has 0 saturated heterocycles. The maximum Gasteiger partial charge on any atom is 0.434 e. The highest BCUT2D eigenvalue weighted by molar-refractivity contribution is 5.81. The van der Waals surface area contributed by atoms with Gasteiger partial charge in [0.2, 0.25) is 5.95 Å². The molecule has 1 N–H and O–H groups in total. The number of carbonyl (C=O) groups excluding carboxylic acids is 1. The topological polar surface area (TPSA) is 86.9 Å². The van der Waals surface area contributed by atoms with Crippen LogP contribution in [0.25, 0.3) is 11.0 Å². The van der Waals surface area contributed by atoms with Gasteiger partial charge in [-0.05, 0) is 36.4 Å². The fraction of sp³-hybridized carbons (Fsp3) is 0.185. The predicted octanol–water partition coefficient (Wildman–Crippen LogP) is 6.69. The summed E-state index contributed by atoms with van der Waals surface area (Å²) >= 11 is 0. The third-order valence-electron chi connectivity index (χ3n) is 6.08. The van der Waals surface area contributed by atoms with Gasteiger partial charge in [0.1, 0.15) is 17.3 Å². The standard InChI is InChI=1S/C27H19F7N6O2/c1-39-23-5-3-18(11-22(23)38-25(39)37-21-8-15(26(29,30)31)2-4-20(21)28)42-19-6-7-35-16(10-19)9-17(41)12-40-13-24(36-14-40)27(32,33)34/h2-8,10-11,13-14H,9,12H2,1H3,(H,37,38). The number of nitrogens with one attached hydrogen (secondary N) is 1. The average molecular weight is 592 g/mol. The van der Waals surface area contributed by atoms with Crippen molar-refractivity contribution in [3.63, 3.8) is 0 Å². The predicted molar refractivity (Wildman–Crippen MR) is 136 cm³/mol. The number of hydrogen-bond acceptors (Lipinski definition) is 6. The van der Waals surface area contributed by atoms with Gasteiger partial charge in [0.25, 0.3) is 0 Å². The molecular formula is C27H19F7N6O2. The lowest BCUT2D eigenvalue weighted by Gasteiger charge is -2.11. The summed E-state index contributed by atoms with van der Waals surface area (Å²) in [5.74, 6) is -0.557. The fourth-order valence-corrected chi connectivity index (χ4v) is 4.08. The van der Waals surface area contributed by atoms with Gasteiger partial charge < -0.3 is 19.2 Å². The zero-order valence-electron chi connectivity index (χ0n) is 21.5. The number of ketones is 1. The lowest BCUT2D eigenvalue weighted by atomic mass is 10.2. The van der Waals surface area contributed by atoms with Crippen LogP contribution in [0.3, 0.4) is 0 Å². The molecule has 0 aliphatic carbocycles. The molecule has 15 heteroatoms. The van der Waals surface area contributed by atoms with Gasteiger partial charge in [-0.3, -0.25) is 9.78 Å². The highest BCUT2D eigenvalue weighted by Crippen LogP contribution is 2.34. The van der Waals surface area contributed by atoms with Crippen molar-refractivity contribution in [2.24, 2.45) is 7.05 Å². The van der Waals surface area contributed by atoms with Gasteiger partial charge in [0.05, 0.1) is 47.3 Å². The molecule has 0 bridgehead atoms. The third-order valence-corrected chi connectivity index (χ3v) is 6.08. The minimum atomic E-state index is -4.65. The molecule has 2 aromatic carbocycles. The van der Waals surface area contributed by atoms with Gasteiger partial charge >= 0.3 is 12.4 Å². The Morgan fingerprint density at radius 1 is 0.952 bits per heavy atom. The van der Waals surface area contributed by atoms with E-state index in [0.717, 1.165) is 23.2 Å². The number of benzene rings is 2. The summed E-state index contributed by atoms with van der Waals surface area (Å²) in [6, 6.07) is 9.88. The van der Waals surface area contributed by atoms with Gasteiger partial charge in [0, 0.05) is 31.6 Å². The van der Waals surface area contributed by atoms with E-state index in [9.17, 15) is 35.5 Å².